The molecule has 1 saturated heterocycles. The first kappa shape index (κ1) is 20.9. The van der Waals surface area contributed by atoms with Crippen LogP contribution >= 0.6 is 0 Å². The van der Waals surface area contributed by atoms with Crippen LogP contribution in [-0.2, 0) is 6.42 Å². The lowest BCUT2D eigenvalue weighted by atomic mass is 9.96. The number of likely N-dealkylation sites (tertiary alicyclic amines) is 1. The molecule has 4 N–H and O–H groups in total. The number of amides is 1. The largest absolute Gasteiger partial charge is 0.397 e. The number of piperidine rings is 1. The van der Waals surface area contributed by atoms with Gasteiger partial charge in [0.15, 0.2) is 0 Å². The molecule has 1 heterocycles. The van der Waals surface area contributed by atoms with Gasteiger partial charge in [0.05, 0.1) is 11.4 Å². The highest BCUT2D eigenvalue weighted by atomic mass is 16.1. The minimum atomic E-state index is -0.126. The number of carbonyl (C=O) groups is 1. The van der Waals surface area contributed by atoms with Gasteiger partial charge in [-0.05, 0) is 100 Å². The first-order valence-electron chi connectivity index (χ1n) is 11.4. The van der Waals surface area contributed by atoms with E-state index in [4.69, 9.17) is 5.73 Å². The zero-order valence-corrected chi connectivity index (χ0v) is 17.8. The number of benzene rings is 2. The Morgan fingerprint density at radius 2 is 1.73 bits per heavy atom. The van der Waals surface area contributed by atoms with Crippen molar-refractivity contribution < 1.29 is 4.79 Å². The van der Waals surface area contributed by atoms with Gasteiger partial charge in [-0.3, -0.25) is 4.79 Å². The molecule has 0 aromatic heterocycles. The summed E-state index contributed by atoms with van der Waals surface area (Å²) in [6, 6.07) is 16.1. The predicted molar refractivity (Wildman–Crippen MR) is 124 cm³/mol. The number of hydrogen-bond acceptors (Lipinski definition) is 4. The summed E-state index contributed by atoms with van der Waals surface area (Å²) < 4.78 is 0. The van der Waals surface area contributed by atoms with Crippen molar-refractivity contribution in [1.82, 2.24) is 10.2 Å². The monoisotopic (exact) mass is 406 g/mol. The molecule has 2 aromatic rings. The molecule has 5 nitrogen and oxygen atoms in total. The molecule has 0 unspecified atom stereocenters. The number of anilines is 2. The molecule has 0 spiro atoms. The Labute approximate surface area is 180 Å². The van der Waals surface area contributed by atoms with E-state index in [1.54, 1.807) is 6.07 Å². The number of nitrogens with one attached hydrogen (secondary N) is 2. The van der Waals surface area contributed by atoms with Crippen LogP contribution in [-0.4, -0.2) is 43.0 Å². The summed E-state index contributed by atoms with van der Waals surface area (Å²) in [5.74, 6) is 0.741. The van der Waals surface area contributed by atoms with Crippen LogP contribution in [0.5, 0.6) is 0 Å². The van der Waals surface area contributed by atoms with Gasteiger partial charge in [0.2, 0.25) is 0 Å². The normalized spacial score (nSPS) is 17.7. The summed E-state index contributed by atoms with van der Waals surface area (Å²) >= 11 is 0. The SMILES string of the molecule is Nc1ccccc1NC(=O)c1ccc(CCCN2CCC(CNC3CC3)CC2)cc1. The lowest BCUT2D eigenvalue weighted by Crippen LogP contribution is -2.38. The number of nitrogens with zero attached hydrogens (tertiary/aromatic N) is 1. The summed E-state index contributed by atoms with van der Waals surface area (Å²) in [7, 11) is 0. The van der Waals surface area contributed by atoms with Gasteiger partial charge in [0.1, 0.15) is 0 Å². The number of carbonyl (C=O) groups excluding carboxylic acids is 1. The molecule has 1 aliphatic heterocycles. The van der Waals surface area contributed by atoms with Gasteiger partial charge in [0.25, 0.3) is 5.91 Å². The number of nitrogen functional groups attached to an aromatic ring is 1. The van der Waals surface area contributed by atoms with Gasteiger partial charge in [-0.1, -0.05) is 24.3 Å². The fourth-order valence-electron chi connectivity index (χ4n) is 4.17. The first-order chi connectivity index (χ1) is 14.7. The molecular formula is C25H34N4O. The number of hydrogen-bond donors (Lipinski definition) is 3. The highest BCUT2D eigenvalue weighted by Crippen LogP contribution is 2.22. The van der Waals surface area contributed by atoms with Gasteiger partial charge < -0.3 is 21.3 Å². The lowest BCUT2D eigenvalue weighted by Gasteiger charge is -2.32. The van der Waals surface area contributed by atoms with Gasteiger partial charge in [-0.25, -0.2) is 0 Å². The maximum atomic E-state index is 12.4. The summed E-state index contributed by atoms with van der Waals surface area (Å²) in [5.41, 5.74) is 9.07. The van der Waals surface area contributed by atoms with Crippen LogP contribution in [0.1, 0.15) is 48.0 Å². The Morgan fingerprint density at radius 3 is 2.43 bits per heavy atom. The maximum absolute atomic E-state index is 12.4. The summed E-state index contributed by atoms with van der Waals surface area (Å²) in [5, 5.41) is 6.56. The Kier molecular flexibility index (Phi) is 7.03. The van der Waals surface area contributed by atoms with Crippen LogP contribution in [0.15, 0.2) is 48.5 Å². The van der Waals surface area contributed by atoms with Gasteiger partial charge in [-0.2, -0.15) is 0 Å². The summed E-state index contributed by atoms with van der Waals surface area (Å²) in [6.45, 7) is 4.85. The third kappa shape index (κ3) is 6.07. The molecule has 2 aliphatic rings. The molecule has 4 rings (SSSR count). The van der Waals surface area contributed by atoms with E-state index in [1.807, 2.05) is 30.3 Å². The highest BCUT2D eigenvalue weighted by Gasteiger charge is 2.24. The van der Waals surface area contributed by atoms with Crippen molar-refractivity contribution in [2.45, 2.75) is 44.6 Å². The average molecular weight is 407 g/mol. The first-order valence-corrected chi connectivity index (χ1v) is 11.4. The number of para-hydroxylation sites is 2. The predicted octanol–water partition coefficient (Wildman–Crippen LogP) is 3.92. The second kappa shape index (κ2) is 10.1. The third-order valence-electron chi connectivity index (χ3n) is 6.34. The van der Waals surface area contributed by atoms with E-state index in [0.717, 1.165) is 31.3 Å². The van der Waals surface area contributed by atoms with Crippen LogP contribution in [0, 0.1) is 5.92 Å². The van der Waals surface area contributed by atoms with E-state index in [-0.39, 0.29) is 5.91 Å². The molecule has 2 fully saturated rings. The number of nitrogens with two attached hydrogens (primary N) is 1. The quantitative estimate of drug-likeness (QED) is 0.552. The second-order valence-electron chi connectivity index (χ2n) is 8.81. The van der Waals surface area contributed by atoms with Crippen LogP contribution in [0.4, 0.5) is 11.4 Å². The van der Waals surface area contributed by atoms with E-state index in [1.165, 1.54) is 50.9 Å². The standard InChI is InChI=1S/C25H34N4O/c26-23-5-1-2-6-24(23)28-25(30)21-9-7-19(8-10-21)4-3-15-29-16-13-20(14-17-29)18-27-22-11-12-22/h1-2,5-10,20,22,27H,3-4,11-18,26H2,(H,28,30). The van der Waals surface area contributed by atoms with E-state index in [2.05, 4.69) is 27.7 Å². The third-order valence-corrected chi connectivity index (χ3v) is 6.34. The van der Waals surface area contributed by atoms with E-state index in [9.17, 15) is 4.79 Å². The fraction of sp³-hybridized carbons (Fsp3) is 0.480. The van der Waals surface area contributed by atoms with Gasteiger partial charge in [-0.15, -0.1) is 0 Å². The highest BCUT2D eigenvalue weighted by molar-refractivity contribution is 6.05. The van der Waals surface area contributed by atoms with Crippen molar-refractivity contribution in [3.63, 3.8) is 0 Å². The molecule has 0 radical (unpaired) electrons. The summed E-state index contributed by atoms with van der Waals surface area (Å²) in [6.07, 6.45) is 7.64. The van der Waals surface area contributed by atoms with Crippen molar-refractivity contribution in [3.05, 3.63) is 59.7 Å². The maximum Gasteiger partial charge on any atom is 0.255 e. The molecule has 1 amide bonds. The smallest absolute Gasteiger partial charge is 0.255 e. The minimum Gasteiger partial charge on any atom is -0.397 e. The molecule has 0 atom stereocenters. The summed E-state index contributed by atoms with van der Waals surface area (Å²) in [4.78, 5) is 15.0. The zero-order chi connectivity index (χ0) is 20.8. The molecule has 5 heteroatoms. The zero-order valence-electron chi connectivity index (χ0n) is 17.8. The van der Waals surface area contributed by atoms with E-state index >= 15 is 0 Å². The van der Waals surface area contributed by atoms with Gasteiger partial charge >= 0.3 is 0 Å². The topological polar surface area (TPSA) is 70.4 Å². The lowest BCUT2D eigenvalue weighted by molar-refractivity contribution is 0.102. The van der Waals surface area contributed by atoms with Crippen molar-refractivity contribution in [2.75, 3.05) is 37.2 Å². The molecule has 1 saturated carbocycles. The Morgan fingerprint density at radius 1 is 1.00 bits per heavy atom. The van der Waals surface area contributed by atoms with Crippen LogP contribution in [0.25, 0.3) is 0 Å². The molecule has 30 heavy (non-hydrogen) atoms. The molecule has 1 aliphatic carbocycles. The Balaban J connectivity index is 1.16. The van der Waals surface area contributed by atoms with E-state index in [0.29, 0.717) is 16.9 Å². The number of aryl methyl sites for hydroxylation is 1. The molecular weight excluding hydrogens is 372 g/mol. The molecule has 2 aromatic carbocycles. The van der Waals surface area contributed by atoms with Crippen LogP contribution < -0.4 is 16.4 Å². The minimum absolute atomic E-state index is 0.126. The van der Waals surface area contributed by atoms with Crippen LogP contribution in [0.2, 0.25) is 0 Å². The Bertz CT molecular complexity index is 823. The Hall–Kier alpha value is -2.37. The van der Waals surface area contributed by atoms with Crippen molar-refractivity contribution in [2.24, 2.45) is 5.92 Å². The van der Waals surface area contributed by atoms with Gasteiger partial charge in [0, 0.05) is 11.6 Å². The fourth-order valence-corrected chi connectivity index (χ4v) is 4.17. The molecule has 0 bridgehead atoms. The van der Waals surface area contributed by atoms with Crippen molar-refractivity contribution >= 4 is 17.3 Å². The number of rotatable bonds is 9. The van der Waals surface area contributed by atoms with Crippen LogP contribution in [0.3, 0.4) is 0 Å². The van der Waals surface area contributed by atoms with E-state index < -0.39 is 0 Å². The molecule has 160 valence electrons. The second-order valence-corrected chi connectivity index (χ2v) is 8.81. The average Bonchev–Trinajstić information content (AvgIpc) is 3.60. The van der Waals surface area contributed by atoms with Crippen molar-refractivity contribution in [3.8, 4) is 0 Å². The van der Waals surface area contributed by atoms with Crippen molar-refractivity contribution in [1.29, 1.82) is 0 Å².